The Morgan fingerprint density at radius 1 is 1.00 bits per heavy atom. The van der Waals surface area contributed by atoms with Crippen LogP contribution in [0.4, 0.5) is 0 Å². The molecule has 0 aromatic carbocycles. The van der Waals surface area contributed by atoms with Crippen LogP contribution in [0.2, 0.25) is 12.6 Å². The Morgan fingerprint density at radius 2 is 1.50 bits per heavy atom. The topological polar surface area (TPSA) is 44.8 Å². The first-order valence-electron chi connectivity index (χ1n) is 6.95. The van der Waals surface area contributed by atoms with E-state index in [9.17, 15) is 4.57 Å². The molecular formula is C12H29O4PSi. The van der Waals surface area contributed by atoms with Crippen LogP contribution in [0, 0.1) is 0 Å². The van der Waals surface area contributed by atoms with E-state index in [2.05, 4.69) is 6.55 Å². The van der Waals surface area contributed by atoms with Crippen LogP contribution in [0.5, 0.6) is 0 Å². The zero-order valence-electron chi connectivity index (χ0n) is 12.5. The first-order chi connectivity index (χ1) is 8.45. The number of hydrogen-bond acceptors (Lipinski definition) is 4. The van der Waals surface area contributed by atoms with Crippen LogP contribution in [0.1, 0.15) is 34.1 Å². The summed E-state index contributed by atoms with van der Waals surface area (Å²) in [5.74, 6) is 0. The molecule has 18 heavy (non-hydrogen) atoms. The molecule has 0 aromatic rings. The Hall–Kier alpha value is 0.327. The third-order valence-electron chi connectivity index (χ3n) is 2.96. The summed E-state index contributed by atoms with van der Waals surface area (Å²) >= 11 is 0. The second-order valence-corrected chi connectivity index (χ2v) is 10.9. The molecule has 0 bridgehead atoms. The van der Waals surface area contributed by atoms with Gasteiger partial charge in [0.2, 0.25) is 7.37 Å². The van der Waals surface area contributed by atoms with Crippen LogP contribution in [0.3, 0.4) is 0 Å². The Balaban J connectivity index is 4.04. The molecule has 0 fully saturated rings. The summed E-state index contributed by atoms with van der Waals surface area (Å²) in [6.45, 7) is 11.8. The van der Waals surface area contributed by atoms with E-state index in [0.717, 1.165) is 12.5 Å². The second-order valence-electron chi connectivity index (χ2n) is 4.38. The van der Waals surface area contributed by atoms with Gasteiger partial charge in [-0.15, -0.1) is 0 Å². The Morgan fingerprint density at radius 3 is 1.89 bits per heavy atom. The summed E-state index contributed by atoms with van der Waals surface area (Å²) in [4.78, 5) is 0. The minimum Gasteiger partial charge on any atom is -0.395 e. The van der Waals surface area contributed by atoms with Crippen molar-refractivity contribution in [2.45, 2.75) is 46.7 Å². The van der Waals surface area contributed by atoms with Crippen molar-refractivity contribution in [3.8, 4) is 0 Å². The van der Waals surface area contributed by atoms with Crippen molar-refractivity contribution in [3.63, 3.8) is 0 Å². The van der Waals surface area contributed by atoms with Crippen LogP contribution in [-0.4, -0.2) is 40.7 Å². The van der Waals surface area contributed by atoms with Gasteiger partial charge in [-0.1, -0.05) is 13.8 Å². The molecule has 0 amide bonds. The summed E-state index contributed by atoms with van der Waals surface area (Å²) in [6.07, 6.45) is 2.09. The van der Waals surface area contributed by atoms with Gasteiger partial charge in [-0.05, 0) is 32.9 Å². The quantitative estimate of drug-likeness (QED) is 0.330. The maximum Gasteiger partial charge on any atom is 0.334 e. The average molecular weight is 296 g/mol. The molecule has 4 nitrogen and oxygen atoms in total. The van der Waals surface area contributed by atoms with E-state index in [1.165, 1.54) is 0 Å². The summed E-state index contributed by atoms with van der Waals surface area (Å²) < 4.78 is 29.1. The van der Waals surface area contributed by atoms with Crippen LogP contribution in [-0.2, 0) is 17.9 Å². The molecule has 0 aliphatic carbocycles. The van der Waals surface area contributed by atoms with Gasteiger partial charge in [-0.2, -0.15) is 0 Å². The fourth-order valence-electron chi connectivity index (χ4n) is 1.83. The summed E-state index contributed by atoms with van der Waals surface area (Å²) in [6, 6.07) is 0.891. The van der Waals surface area contributed by atoms with E-state index < -0.39 is 15.9 Å². The van der Waals surface area contributed by atoms with Crippen molar-refractivity contribution < 1.29 is 17.9 Å². The molecule has 0 aromatic heterocycles. The van der Waals surface area contributed by atoms with E-state index in [-0.39, 0.29) is 0 Å². The van der Waals surface area contributed by atoms with E-state index in [1.807, 2.05) is 27.7 Å². The lowest BCUT2D eigenvalue weighted by atomic mass is 10.5. The van der Waals surface area contributed by atoms with Crippen molar-refractivity contribution in [1.82, 2.24) is 0 Å². The normalized spacial score (nSPS) is 12.9. The van der Waals surface area contributed by atoms with Crippen molar-refractivity contribution in [2.75, 3.05) is 32.1 Å². The lowest BCUT2D eigenvalue weighted by Crippen LogP contribution is -2.38. The van der Waals surface area contributed by atoms with Crippen LogP contribution in [0.25, 0.3) is 0 Å². The minimum atomic E-state index is -2.36. The molecule has 0 spiro atoms. The summed E-state index contributed by atoms with van der Waals surface area (Å²) in [7, 11) is -4.40. The third-order valence-corrected chi connectivity index (χ3v) is 8.61. The van der Waals surface area contributed by atoms with Crippen molar-refractivity contribution in [1.29, 1.82) is 0 Å². The molecule has 0 rings (SSSR count). The van der Waals surface area contributed by atoms with Gasteiger partial charge in [0.1, 0.15) is 0 Å². The molecule has 110 valence electrons. The van der Waals surface area contributed by atoms with Gasteiger partial charge in [0.25, 0.3) is 0 Å². The largest absolute Gasteiger partial charge is 0.395 e. The van der Waals surface area contributed by atoms with Gasteiger partial charge in [0.05, 0.1) is 6.61 Å². The Kier molecular flexibility index (Phi) is 9.43. The van der Waals surface area contributed by atoms with Gasteiger partial charge in [-0.25, -0.2) is 0 Å². The van der Waals surface area contributed by atoms with E-state index in [1.54, 1.807) is 0 Å². The molecule has 0 atom stereocenters. The highest BCUT2D eigenvalue weighted by Crippen LogP contribution is 2.45. The van der Waals surface area contributed by atoms with E-state index in [4.69, 9.17) is 13.4 Å². The highest BCUT2D eigenvalue weighted by molar-refractivity contribution is 7.58. The van der Waals surface area contributed by atoms with Crippen molar-refractivity contribution in [3.05, 3.63) is 0 Å². The molecular weight excluding hydrogens is 267 g/mol. The molecule has 0 aliphatic rings. The molecule has 0 N–H and O–H groups in total. The van der Waals surface area contributed by atoms with Gasteiger partial charge >= 0.3 is 8.56 Å². The maximum atomic E-state index is 12.1. The first kappa shape index (κ1) is 18.3. The fourth-order valence-corrected chi connectivity index (χ4v) is 5.48. The van der Waals surface area contributed by atoms with Gasteiger partial charge in [0, 0.05) is 25.5 Å². The molecule has 0 aliphatic heterocycles. The number of hydrogen-bond donors (Lipinski definition) is 0. The zero-order valence-corrected chi connectivity index (χ0v) is 14.4. The smallest absolute Gasteiger partial charge is 0.334 e. The average Bonchev–Trinajstić information content (AvgIpc) is 2.35. The van der Waals surface area contributed by atoms with Gasteiger partial charge < -0.3 is 13.4 Å². The van der Waals surface area contributed by atoms with E-state index >= 15 is 0 Å². The summed E-state index contributed by atoms with van der Waals surface area (Å²) in [5.41, 5.74) is 0. The predicted octanol–water partition coefficient (Wildman–Crippen LogP) is 3.86. The zero-order chi connectivity index (χ0) is 14.1. The highest BCUT2D eigenvalue weighted by Gasteiger charge is 2.30. The predicted molar refractivity (Wildman–Crippen MR) is 78.9 cm³/mol. The second kappa shape index (κ2) is 9.27. The summed E-state index contributed by atoms with van der Waals surface area (Å²) in [5, 5.41) is 0. The van der Waals surface area contributed by atoms with Crippen LogP contribution in [0.15, 0.2) is 0 Å². The molecule has 0 radical (unpaired) electrons. The third kappa shape index (κ3) is 7.05. The van der Waals surface area contributed by atoms with Crippen LogP contribution >= 0.6 is 7.37 Å². The molecule has 0 heterocycles. The minimum absolute atomic E-state index is 0.543. The Labute approximate surface area is 113 Å². The van der Waals surface area contributed by atoms with Crippen molar-refractivity contribution >= 4 is 15.9 Å². The lowest BCUT2D eigenvalue weighted by Gasteiger charge is -2.26. The Bertz CT molecular complexity index is 246. The molecule has 0 saturated carbocycles. The fraction of sp³-hybridized carbons (Fsp3) is 1.00. The SMILES string of the molecule is CCO[Si](C)(CCCOP(=O)(CC)CC)OCC. The highest BCUT2D eigenvalue weighted by atomic mass is 31.2. The molecule has 6 heteroatoms. The maximum absolute atomic E-state index is 12.1. The first-order valence-corrected chi connectivity index (χ1v) is 11.5. The van der Waals surface area contributed by atoms with Gasteiger partial charge in [0.15, 0.2) is 0 Å². The lowest BCUT2D eigenvalue weighted by molar-refractivity contribution is 0.185. The molecule has 0 unspecified atom stereocenters. The monoisotopic (exact) mass is 296 g/mol. The number of rotatable bonds is 11. The molecule has 0 saturated heterocycles. The van der Waals surface area contributed by atoms with Crippen molar-refractivity contribution in [2.24, 2.45) is 0 Å². The van der Waals surface area contributed by atoms with E-state index in [0.29, 0.717) is 32.1 Å². The standard InChI is InChI=1S/C12H29O4PSi/c1-6-15-18(5,16-7-2)12-10-11-14-17(13,8-3)9-4/h6-12H2,1-5H3. The van der Waals surface area contributed by atoms with Crippen LogP contribution < -0.4 is 0 Å². The van der Waals surface area contributed by atoms with Gasteiger partial charge in [-0.3, -0.25) is 4.57 Å².